The molecule has 2 rings (SSSR count). The molecule has 5 heteroatoms. The number of carbonyl (C=O) groups excluding carboxylic acids is 1. The van der Waals surface area contributed by atoms with E-state index in [-0.39, 0.29) is 5.91 Å². The zero-order chi connectivity index (χ0) is 13.0. The van der Waals surface area contributed by atoms with Crippen LogP contribution in [-0.4, -0.2) is 22.4 Å². The lowest BCUT2D eigenvalue weighted by molar-refractivity contribution is -0.133. The second-order valence-corrected chi connectivity index (χ2v) is 5.10. The fourth-order valence-electron chi connectivity index (χ4n) is 2.52. The third-order valence-electron chi connectivity index (χ3n) is 3.47. The first-order valence-corrected chi connectivity index (χ1v) is 6.34. The summed E-state index contributed by atoms with van der Waals surface area (Å²) < 4.78 is 0. The van der Waals surface area contributed by atoms with Crippen LogP contribution in [0.3, 0.4) is 0 Å². The summed E-state index contributed by atoms with van der Waals surface area (Å²) in [5.41, 5.74) is -0.760. The second-order valence-electron chi connectivity index (χ2n) is 5.10. The summed E-state index contributed by atoms with van der Waals surface area (Å²) in [5, 5.41) is 12.0. The highest BCUT2D eigenvalue weighted by Gasteiger charge is 2.48. The lowest BCUT2D eigenvalue weighted by atomic mass is 9.63. The molecule has 1 aromatic rings. The van der Waals surface area contributed by atoms with Crippen LogP contribution in [0.2, 0.25) is 0 Å². The molecule has 0 atom stereocenters. The summed E-state index contributed by atoms with van der Waals surface area (Å²) >= 11 is 0. The van der Waals surface area contributed by atoms with E-state index in [1.54, 1.807) is 12.4 Å². The number of aromatic amines is 1. The van der Waals surface area contributed by atoms with Gasteiger partial charge in [-0.1, -0.05) is 6.92 Å². The molecule has 1 amide bonds. The number of nitrogens with zero attached hydrogens (tertiary/aromatic N) is 2. The predicted octanol–water partition coefficient (Wildman–Crippen LogP) is 1.40. The van der Waals surface area contributed by atoms with Crippen molar-refractivity contribution in [2.75, 3.05) is 6.54 Å². The summed E-state index contributed by atoms with van der Waals surface area (Å²) in [6.07, 6.45) is 6.52. The molecule has 1 aromatic heterocycles. The minimum atomic E-state index is -0.760. The van der Waals surface area contributed by atoms with Crippen LogP contribution in [0.1, 0.15) is 32.0 Å². The van der Waals surface area contributed by atoms with Gasteiger partial charge >= 0.3 is 0 Å². The largest absolute Gasteiger partial charge is 0.355 e. The maximum absolute atomic E-state index is 11.9. The van der Waals surface area contributed by atoms with Crippen LogP contribution in [0, 0.1) is 22.7 Å². The average molecular weight is 246 g/mol. The van der Waals surface area contributed by atoms with Gasteiger partial charge in [0.05, 0.1) is 6.07 Å². The van der Waals surface area contributed by atoms with Gasteiger partial charge in [-0.3, -0.25) is 4.79 Å². The SMILES string of the molecule is CC1CC(C#N)(C(=O)NCCCc2ncc[nH]2)C1. The number of hydrogen-bond donors (Lipinski definition) is 2. The van der Waals surface area contributed by atoms with Crippen LogP contribution >= 0.6 is 0 Å². The second kappa shape index (κ2) is 5.21. The van der Waals surface area contributed by atoms with Crippen molar-refractivity contribution in [1.29, 1.82) is 5.26 Å². The minimum Gasteiger partial charge on any atom is -0.355 e. The lowest BCUT2D eigenvalue weighted by Crippen LogP contribution is -2.48. The molecule has 1 aliphatic rings. The first-order chi connectivity index (χ1) is 8.66. The molecule has 5 nitrogen and oxygen atoms in total. The van der Waals surface area contributed by atoms with Crippen LogP contribution < -0.4 is 5.32 Å². The first-order valence-electron chi connectivity index (χ1n) is 6.34. The average Bonchev–Trinajstić information content (AvgIpc) is 2.83. The summed E-state index contributed by atoms with van der Waals surface area (Å²) in [6, 6.07) is 2.17. The molecule has 0 radical (unpaired) electrons. The molecule has 1 fully saturated rings. The van der Waals surface area contributed by atoms with E-state index < -0.39 is 5.41 Å². The molecule has 1 heterocycles. The van der Waals surface area contributed by atoms with Crippen LogP contribution in [0.25, 0.3) is 0 Å². The Morgan fingerprint density at radius 1 is 1.72 bits per heavy atom. The van der Waals surface area contributed by atoms with Crippen molar-refractivity contribution < 1.29 is 4.79 Å². The highest BCUT2D eigenvalue weighted by molar-refractivity contribution is 5.86. The molecule has 0 spiro atoms. The number of hydrogen-bond acceptors (Lipinski definition) is 3. The Bertz CT molecular complexity index is 440. The molecule has 1 aliphatic carbocycles. The first kappa shape index (κ1) is 12.6. The number of aryl methyl sites for hydroxylation is 1. The van der Waals surface area contributed by atoms with Crippen molar-refractivity contribution in [3.8, 4) is 6.07 Å². The van der Waals surface area contributed by atoms with Gasteiger partial charge in [-0.05, 0) is 25.2 Å². The van der Waals surface area contributed by atoms with E-state index in [0.29, 0.717) is 25.3 Å². The zero-order valence-electron chi connectivity index (χ0n) is 10.6. The van der Waals surface area contributed by atoms with E-state index in [4.69, 9.17) is 5.26 Å². The van der Waals surface area contributed by atoms with Crippen molar-refractivity contribution in [2.45, 2.75) is 32.6 Å². The van der Waals surface area contributed by atoms with Crippen LogP contribution in [0.4, 0.5) is 0 Å². The number of amides is 1. The monoisotopic (exact) mass is 246 g/mol. The molecule has 0 aliphatic heterocycles. The summed E-state index contributed by atoms with van der Waals surface area (Å²) in [6.45, 7) is 2.66. The van der Waals surface area contributed by atoms with Crippen LogP contribution in [-0.2, 0) is 11.2 Å². The van der Waals surface area contributed by atoms with Gasteiger partial charge in [0.1, 0.15) is 11.2 Å². The van der Waals surface area contributed by atoms with Gasteiger partial charge in [-0.2, -0.15) is 5.26 Å². The van der Waals surface area contributed by atoms with Crippen molar-refractivity contribution >= 4 is 5.91 Å². The molecule has 1 saturated carbocycles. The fourth-order valence-corrected chi connectivity index (χ4v) is 2.52. The van der Waals surface area contributed by atoms with Crippen molar-refractivity contribution in [1.82, 2.24) is 15.3 Å². The number of nitriles is 1. The van der Waals surface area contributed by atoms with Crippen molar-refractivity contribution in [3.05, 3.63) is 18.2 Å². The van der Waals surface area contributed by atoms with Gasteiger partial charge in [0.25, 0.3) is 0 Å². The van der Waals surface area contributed by atoms with E-state index in [2.05, 4.69) is 28.3 Å². The number of nitrogens with one attached hydrogen (secondary N) is 2. The molecule has 0 aromatic carbocycles. The van der Waals surface area contributed by atoms with E-state index in [0.717, 1.165) is 18.7 Å². The van der Waals surface area contributed by atoms with E-state index >= 15 is 0 Å². The Morgan fingerprint density at radius 3 is 3.06 bits per heavy atom. The summed E-state index contributed by atoms with van der Waals surface area (Å²) in [4.78, 5) is 19.1. The van der Waals surface area contributed by atoms with E-state index in [1.807, 2.05) is 0 Å². The highest BCUT2D eigenvalue weighted by atomic mass is 16.2. The van der Waals surface area contributed by atoms with Gasteiger partial charge < -0.3 is 10.3 Å². The minimum absolute atomic E-state index is 0.109. The highest BCUT2D eigenvalue weighted by Crippen LogP contribution is 2.44. The molecule has 0 unspecified atom stereocenters. The van der Waals surface area contributed by atoms with Gasteiger partial charge in [-0.15, -0.1) is 0 Å². The van der Waals surface area contributed by atoms with Crippen molar-refractivity contribution in [3.63, 3.8) is 0 Å². The van der Waals surface area contributed by atoms with Gasteiger partial charge in [-0.25, -0.2) is 4.98 Å². The van der Waals surface area contributed by atoms with Gasteiger partial charge in [0, 0.05) is 25.4 Å². The smallest absolute Gasteiger partial charge is 0.240 e. The zero-order valence-corrected chi connectivity index (χ0v) is 10.6. The Balaban J connectivity index is 1.71. The Hall–Kier alpha value is -1.83. The normalized spacial score (nSPS) is 26.1. The third kappa shape index (κ3) is 2.53. The summed E-state index contributed by atoms with van der Waals surface area (Å²) in [5.74, 6) is 1.30. The predicted molar refractivity (Wildman–Crippen MR) is 66.4 cm³/mol. The quantitative estimate of drug-likeness (QED) is 0.770. The third-order valence-corrected chi connectivity index (χ3v) is 3.47. The molecule has 96 valence electrons. The Morgan fingerprint density at radius 2 is 2.50 bits per heavy atom. The van der Waals surface area contributed by atoms with E-state index in [1.165, 1.54) is 0 Å². The lowest BCUT2D eigenvalue weighted by Gasteiger charge is -2.39. The number of carbonyl (C=O) groups is 1. The Labute approximate surface area is 107 Å². The number of aromatic nitrogens is 2. The fraction of sp³-hybridized carbons (Fsp3) is 0.615. The van der Waals surface area contributed by atoms with Crippen molar-refractivity contribution in [2.24, 2.45) is 11.3 Å². The topological polar surface area (TPSA) is 81.6 Å². The van der Waals surface area contributed by atoms with Gasteiger partial charge in [0.2, 0.25) is 5.91 Å². The number of H-pyrrole nitrogens is 1. The maximum Gasteiger partial charge on any atom is 0.240 e. The van der Waals surface area contributed by atoms with E-state index in [9.17, 15) is 4.79 Å². The van der Waals surface area contributed by atoms with Crippen LogP contribution in [0.5, 0.6) is 0 Å². The number of rotatable bonds is 5. The summed E-state index contributed by atoms with van der Waals surface area (Å²) in [7, 11) is 0. The molecule has 18 heavy (non-hydrogen) atoms. The van der Waals surface area contributed by atoms with Gasteiger partial charge in [0.15, 0.2) is 0 Å². The maximum atomic E-state index is 11.9. The molecule has 0 saturated heterocycles. The molecular formula is C13H18N4O. The molecule has 0 bridgehead atoms. The van der Waals surface area contributed by atoms with Crippen LogP contribution in [0.15, 0.2) is 12.4 Å². The standard InChI is InChI=1S/C13H18N4O/c1-10-7-13(8-10,9-14)12(18)17-4-2-3-11-15-5-6-16-11/h5-6,10H,2-4,7-8H2,1H3,(H,15,16)(H,17,18). The molecular weight excluding hydrogens is 228 g/mol. The molecule has 2 N–H and O–H groups in total. The number of imidazole rings is 1. The Kier molecular flexibility index (Phi) is 3.66.